The van der Waals surface area contributed by atoms with Crippen LogP contribution in [0.4, 0.5) is 0 Å². The highest BCUT2D eigenvalue weighted by Crippen LogP contribution is 2.33. The van der Waals surface area contributed by atoms with Crippen molar-refractivity contribution in [1.82, 2.24) is 15.2 Å². The molecule has 5 heterocycles. The lowest BCUT2D eigenvalue weighted by atomic mass is 9.79. The van der Waals surface area contributed by atoms with Crippen LogP contribution in [0.15, 0.2) is 30.5 Å². The number of ether oxygens (including phenoxy) is 1. The average Bonchev–Trinajstić information content (AvgIpc) is 3.07. The molecule has 5 nitrogen and oxygen atoms in total. The van der Waals surface area contributed by atoms with Crippen LogP contribution in [0.3, 0.4) is 0 Å². The van der Waals surface area contributed by atoms with Gasteiger partial charge < -0.3 is 10.1 Å². The number of nitrogens with zero attached hydrogens (tertiary/aromatic N) is 2. The minimum atomic E-state index is -0.0155. The fourth-order valence-corrected chi connectivity index (χ4v) is 4.77. The molecule has 0 aliphatic carbocycles. The highest BCUT2D eigenvalue weighted by atomic mass is 35.5. The third kappa shape index (κ3) is 3.52. The van der Waals surface area contributed by atoms with Crippen LogP contribution < -0.4 is 10.1 Å². The summed E-state index contributed by atoms with van der Waals surface area (Å²) < 4.78 is 5.76. The minimum absolute atomic E-state index is 0.0155. The van der Waals surface area contributed by atoms with Gasteiger partial charge in [0, 0.05) is 24.3 Å². The van der Waals surface area contributed by atoms with Gasteiger partial charge in [0.05, 0.1) is 4.88 Å². The van der Waals surface area contributed by atoms with E-state index in [1.165, 1.54) is 24.2 Å². The standard InChI is InChI=1S/C18H20ClN3O2S/c1-11-17(12-5-8-22(11)9-6-12)21-18(23)14-2-3-16(25-14)24-13-4-7-20-15(19)10-13/h2-4,7,10-12,17H,5-6,8-9H2,1H3,(H,21,23). The second-order valence-electron chi connectivity index (χ2n) is 6.65. The average molecular weight is 378 g/mol. The molecule has 1 amide bonds. The van der Waals surface area contributed by atoms with E-state index in [0.717, 1.165) is 13.1 Å². The molecule has 132 valence electrons. The lowest BCUT2D eigenvalue weighted by Crippen LogP contribution is -2.62. The van der Waals surface area contributed by atoms with E-state index in [1.54, 1.807) is 18.3 Å². The van der Waals surface area contributed by atoms with Gasteiger partial charge >= 0.3 is 0 Å². The molecule has 5 rings (SSSR count). The molecule has 3 saturated heterocycles. The zero-order chi connectivity index (χ0) is 17.4. The molecule has 2 atom stereocenters. The predicted molar refractivity (Wildman–Crippen MR) is 98.7 cm³/mol. The molecule has 0 saturated carbocycles. The van der Waals surface area contributed by atoms with Gasteiger partial charge in [-0.05, 0) is 57.0 Å². The van der Waals surface area contributed by atoms with Crippen molar-refractivity contribution in [3.05, 3.63) is 40.5 Å². The van der Waals surface area contributed by atoms with E-state index in [2.05, 4.69) is 22.1 Å². The number of piperidine rings is 3. The molecule has 1 N–H and O–H groups in total. The van der Waals surface area contributed by atoms with Crippen LogP contribution in [0.5, 0.6) is 10.8 Å². The SMILES string of the molecule is CC1C(NC(=O)c2ccc(Oc3ccnc(Cl)c3)s2)C2CCN1CC2. The number of nitrogens with one attached hydrogen (secondary N) is 1. The number of thiophene rings is 1. The van der Waals surface area contributed by atoms with Crippen molar-refractivity contribution in [3.8, 4) is 10.8 Å². The number of hydrogen-bond acceptors (Lipinski definition) is 5. The summed E-state index contributed by atoms with van der Waals surface area (Å²) in [4.78, 5) is 19.7. The molecule has 0 radical (unpaired) electrons. The van der Waals surface area contributed by atoms with Gasteiger partial charge in [0.2, 0.25) is 0 Å². The zero-order valence-corrected chi connectivity index (χ0v) is 15.5. The van der Waals surface area contributed by atoms with Crippen LogP contribution in [0.2, 0.25) is 5.15 Å². The second-order valence-corrected chi connectivity index (χ2v) is 8.08. The molecule has 7 heteroatoms. The van der Waals surface area contributed by atoms with Gasteiger partial charge in [-0.1, -0.05) is 22.9 Å². The molecule has 2 aromatic rings. The number of halogens is 1. The van der Waals surface area contributed by atoms with Crippen molar-refractivity contribution in [1.29, 1.82) is 0 Å². The molecule has 3 fully saturated rings. The summed E-state index contributed by atoms with van der Waals surface area (Å²) in [6.07, 6.45) is 3.95. The zero-order valence-electron chi connectivity index (χ0n) is 13.9. The normalized spacial score (nSPS) is 27.9. The Hall–Kier alpha value is -1.63. The van der Waals surface area contributed by atoms with E-state index in [-0.39, 0.29) is 11.9 Å². The van der Waals surface area contributed by atoms with Crippen LogP contribution in [-0.2, 0) is 0 Å². The molecular weight excluding hydrogens is 358 g/mol. The molecule has 2 aromatic heterocycles. The maximum atomic E-state index is 12.6. The van der Waals surface area contributed by atoms with Gasteiger partial charge in [0.15, 0.2) is 5.06 Å². The second kappa shape index (κ2) is 6.94. The van der Waals surface area contributed by atoms with Crippen LogP contribution >= 0.6 is 22.9 Å². The topological polar surface area (TPSA) is 54.5 Å². The quantitative estimate of drug-likeness (QED) is 0.823. The fraction of sp³-hybridized carbons (Fsp3) is 0.444. The van der Waals surface area contributed by atoms with E-state index in [0.29, 0.717) is 32.8 Å². The number of pyridine rings is 1. The van der Waals surface area contributed by atoms with Crippen LogP contribution in [0, 0.1) is 5.92 Å². The summed E-state index contributed by atoms with van der Waals surface area (Å²) in [5.74, 6) is 1.19. The van der Waals surface area contributed by atoms with E-state index in [1.807, 2.05) is 12.1 Å². The molecule has 2 unspecified atom stereocenters. The number of carbonyl (C=O) groups is 1. The first-order valence-electron chi connectivity index (χ1n) is 8.54. The van der Waals surface area contributed by atoms with Crippen molar-refractivity contribution >= 4 is 28.8 Å². The van der Waals surface area contributed by atoms with Gasteiger partial charge in [0.1, 0.15) is 10.9 Å². The third-order valence-electron chi connectivity index (χ3n) is 5.20. The Morgan fingerprint density at radius 2 is 2.16 bits per heavy atom. The number of amides is 1. The lowest BCUT2D eigenvalue weighted by Gasteiger charge is -2.49. The summed E-state index contributed by atoms with van der Waals surface area (Å²) in [5.41, 5.74) is 0. The molecule has 25 heavy (non-hydrogen) atoms. The van der Waals surface area contributed by atoms with E-state index < -0.39 is 0 Å². The Labute approximate surface area is 156 Å². The minimum Gasteiger partial charge on any atom is -0.447 e. The van der Waals surface area contributed by atoms with Crippen LogP contribution in [-0.4, -0.2) is 41.0 Å². The summed E-state index contributed by atoms with van der Waals surface area (Å²) >= 11 is 7.20. The van der Waals surface area contributed by atoms with Crippen molar-refractivity contribution in [2.45, 2.75) is 31.8 Å². The van der Waals surface area contributed by atoms with Gasteiger partial charge in [-0.15, -0.1) is 0 Å². The molecule has 3 aliphatic rings. The van der Waals surface area contributed by atoms with Crippen molar-refractivity contribution in [3.63, 3.8) is 0 Å². The van der Waals surface area contributed by atoms with Crippen molar-refractivity contribution in [2.24, 2.45) is 5.92 Å². The van der Waals surface area contributed by atoms with Gasteiger partial charge in [-0.3, -0.25) is 9.69 Å². The third-order valence-corrected chi connectivity index (χ3v) is 6.37. The van der Waals surface area contributed by atoms with Crippen molar-refractivity contribution in [2.75, 3.05) is 13.1 Å². The van der Waals surface area contributed by atoms with E-state index >= 15 is 0 Å². The summed E-state index contributed by atoms with van der Waals surface area (Å²) in [7, 11) is 0. The first-order chi connectivity index (χ1) is 12.1. The largest absolute Gasteiger partial charge is 0.447 e. The van der Waals surface area contributed by atoms with Crippen molar-refractivity contribution < 1.29 is 9.53 Å². The monoisotopic (exact) mass is 377 g/mol. The first-order valence-corrected chi connectivity index (χ1v) is 9.74. The highest BCUT2D eigenvalue weighted by molar-refractivity contribution is 7.15. The highest BCUT2D eigenvalue weighted by Gasteiger charge is 2.40. The lowest BCUT2D eigenvalue weighted by molar-refractivity contribution is 0.0218. The smallest absolute Gasteiger partial charge is 0.261 e. The van der Waals surface area contributed by atoms with Crippen LogP contribution in [0.25, 0.3) is 0 Å². The number of aromatic nitrogens is 1. The maximum absolute atomic E-state index is 12.6. The molecule has 3 aliphatic heterocycles. The van der Waals surface area contributed by atoms with E-state index in [9.17, 15) is 4.79 Å². The number of hydrogen-bond donors (Lipinski definition) is 1. The predicted octanol–water partition coefficient (Wildman–Crippen LogP) is 3.80. The molecule has 0 spiro atoms. The Bertz CT molecular complexity index is 771. The fourth-order valence-electron chi connectivity index (χ4n) is 3.83. The molecule has 2 bridgehead atoms. The van der Waals surface area contributed by atoms with E-state index in [4.69, 9.17) is 16.3 Å². The number of carbonyl (C=O) groups excluding carboxylic acids is 1. The number of fused-ring (bicyclic) bond motifs is 3. The summed E-state index contributed by atoms with van der Waals surface area (Å²) in [5, 5.41) is 4.29. The van der Waals surface area contributed by atoms with Gasteiger partial charge in [0.25, 0.3) is 5.91 Å². The van der Waals surface area contributed by atoms with Crippen LogP contribution in [0.1, 0.15) is 29.4 Å². The summed E-state index contributed by atoms with van der Waals surface area (Å²) in [6, 6.07) is 7.65. The van der Waals surface area contributed by atoms with Gasteiger partial charge in [-0.2, -0.15) is 0 Å². The summed E-state index contributed by atoms with van der Waals surface area (Å²) in [6.45, 7) is 4.53. The number of rotatable bonds is 4. The molecular formula is C18H20ClN3O2S. The maximum Gasteiger partial charge on any atom is 0.261 e. The Morgan fingerprint density at radius 1 is 1.36 bits per heavy atom. The van der Waals surface area contributed by atoms with Gasteiger partial charge in [-0.25, -0.2) is 4.98 Å². The first kappa shape index (κ1) is 16.8. The Kier molecular flexibility index (Phi) is 4.67. The Balaban J connectivity index is 1.42. The Morgan fingerprint density at radius 3 is 2.88 bits per heavy atom. The molecule has 0 aromatic carbocycles.